The Morgan fingerprint density at radius 3 is 2.43 bits per heavy atom. The summed E-state index contributed by atoms with van der Waals surface area (Å²) in [6, 6.07) is 18.1. The molecule has 1 heterocycles. The third kappa shape index (κ3) is 3.42. The zero-order valence-corrected chi connectivity index (χ0v) is 16.1. The molecule has 0 saturated carbocycles. The van der Waals surface area contributed by atoms with Crippen LogP contribution in [-0.2, 0) is 0 Å². The molecular formula is C21H17ClN4O2. The van der Waals surface area contributed by atoms with E-state index in [1.54, 1.807) is 42.2 Å². The summed E-state index contributed by atoms with van der Waals surface area (Å²) in [5.41, 5.74) is 4.25. The molecule has 1 amide bonds. The smallest absolute Gasteiger partial charge is 0.259 e. The normalized spacial score (nSPS) is 10.8. The Balaban J connectivity index is 1.67. The van der Waals surface area contributed by atoms with Crippen LogP contribution in [0.5, 0.6) is 5.75 Å². The molecule has 0 bridgehead atoms. The second-order valence-electron chi connectivity index (χ2n) is 6.28. The van der Waals surface area contributed by atoms with Crippen LogP contribution >= 0.6 is 11.6 Å². The third-order valence-electron chi connectivity index (χ3n) is 4.38. The van der Waals surface area contributed by atoms with Gasteiger partial charge in [-0.15, -0.1) is 10.2 Å². The van der Waals surface area contributed by atoms with Crippen molar-refractivity contribution in [3.63, 3.8) is 0 Å². The van der Waals surface area contributed by atoms with Gasteiger partial charge in [0.05, 0.1) is 18.4 Å². The van der Waals surface area contributed by atoms with Crippen LogP contribution in [0.15, 0.2) is 60.7 Å². The fraction of sp³-hybridized carbons (Fsp3) is 0.0952. The fourth-order valence-corrected chi connectivity index (χ4v) is 3.04. The minimum absolute atomic E-state index is 0.245. The van der Waals surface area contributed by atoms with Gasteiger partial charge in [-0.3, -0.25) is 4.79 Å². The largest absolute Gasteiger partial charge is 0.496 e. The first-order valence-electron chi connectivity index (χ1n) is 8.63. The predicted octanol–water partition coefficient (Wildman–Crippen LogP) is 4.64. The fourth-order valence-electron chi connectivity index (χ4n) is 2.91. The van der Waals surface area contributed by atoms with Gasteiger partial charge in [0, 0.05) is 10.7 Å². The molecule has 3 aromatic carbocycles. The van der Waals surface area contributed by atoms with Crippen molar-refractivity contribution in [2.75, 3.05) is 12.4 Å². The Hall–Kier alpha value is -3.38. The topological polar surface area (TPSA) is 69.0 Å². The lowest BCUT2D eigenvalue weighted by Gasteiger charge is -2.10. The zero-order chi connectivity index (χ0) is 19.7. The maximum Gasteiger partial charge on any atom is 0.259 e. The van der Waals surface area contributed by atoms with Crippen LogP contribution in [0.3, 0.4) is 0 Å². The van der Waals surface area contributed by atoms with E-state index in [0.29, 0.717) is 27.5 Å². The SMILES string of the molecule is COc1ccccc1C(=O)Nc1cc2nn(-c3ccc(Cl)cc3)nc2cc1C. The quantitative estimate of drug-likeness (QED) is 0.549. The van der Waals surface area contributed by atoms with E-state index in [1.165, 1.54) is 0 Å². The molecule has 28 heavy (non-hydrogen) atoms. The molecule has 0 aliphatic heterocycles. The van der Waals surface area contributed by atoms with Crippen LogP contribution in [0.25, 0.3) is 16.7 Å². The molecular weight excluding hydrogens is 376 g/mol. The molecule has 0 atom stereocenters. The number of rotatable bonds is 4. The number of aromatic nitrogens is 3. The van der Waals surface area contributed by atoms with Gasteiger partial charge >= 0.3 is 0 Å². The van der Waals surface area contributed by atoms with E-state index in [-0.39, 0.29) is 5.91 Å². The van der Waals surface area contributed by atoms with Gasteiger partial charge in [-0.25, -0.2) is 0 Å². The van der Waals surface area contributed by atoms with E-state index in [9.17, 15) is 4.79 Å². The first-order chi connectivity index (χ1) is 13.5. The lowest BCUT2D eigenvalue weighted by Crippen LogP contribution is -2.13. The molecule has 0 aliphatic carbocycles. The minimum Gasteiger partial charge on any atom is -0.496 e. The number of carbonyl (C=O) groups is 1. The van der Waals surface area contributed by atoms with Gasteiger partial charge in [0.2, 0.25) is 0 Å². The van der Waals surface area contributed by atoms with Gasteiger partial charge in [0.15, 0.2) is 0 Å². The summed E-state index contributed by atoms with van der Waals surface area (Å²) in [6.07, 6.45) is 0. The molecule has 7 heteroatoms. The Bertz CT molecular complexity index is 1170. The number of ether oxygens (including phenoxy) is 1. The summed E-state index contributed by atoms with van der Waals surface area (Å²) in [4.78, 5) is 14.2. The van der Waals surface area contributed by atoms with Crippen molar-refractivity contribution in [2.24, 2.45) is 0 Å². The molecule has 0 aliphatic rings. The number of hydrogen-bond acceptors (Lipinski definition) is 4. The van der Waals surface area contributed by atoms with E-state index in [0.717, 1.165) is 16.8 Å². The molecule has 0 spiro atoms. The number of hydrogen-bond donors (Lipinski definition) is 1. The number of anilines is 1. The van der Waals surface area contributed by atoms with Crippen molar-refractivity contribution < 1.29 is 9.53 Å². The lowest BCUT2D eigenvalue weighted by molar-refractivity contribution is 0.102. The number of methoxy groups -OCH3 is 1. The van der Waals surface area contributed by atoms with E-state index < -0.39 is 0 Å². The number of halogens is 1. The minimum atomic E-state index is -0.245. The molecule has 1 aromatic heterocycles. The highest BCUT2D eigenvalue weighted by molar-refractivity contribution is 6.30. The Morgan fingerprint density at radius 2 is 1.71 bits per heavy atom. The predicted molar refractivity (Wildman–Crippen MR) is 110 cm³/mol. The lowest BCUT2D eigenvalue weighted by atomic mass is 10.1. The number of nitrogens with zero attached hydrogens (tertiary/aromatic N) is 3. The van der Waals surface area contributed by atoms with E-state index in [4.69, 9.17) is 16.3 Å². The van der Waals surface area contributed by atoms with Gasteiger partial charge in [0.25, 0.3) is 5.91 Å². The van der Waals surface area contributed by atoms with E-state index in [2.05, 4.69) is 15.5 Å². The Morgan fingerprint density at radius 1 is 1.04 bits per heavy atom. The van der Waals surface area contributed by atoms with Crippen molar-refractivity contribution in [1.82, 2.24) is 15.0 Å². The third-order valence-corrected chi connectivity index (χ3v) is 4.64. The average Bonchev–Trinajstić information content (AvgIpc) is 3.11. The van der Waals surface area contributed by atoms with Crippen LogP contribution in [0.4, 0.5) is 5.69 Å². The second-order valence-corrected chi connectivity index (χ2v) is 6.71. The van der Waals surface area contributed by atoms with Crippen molar-refractivity contribution in [1.29, 1.82) is 0 Å². The number of para-hydroxylation sites is 1. The Labute approximate surface area is 166 Å². The number of carbonyl (C=O) groups excluding carboxylic acids is 1. The summed E-state index contributed by atoms with van der Waals surface area (Å²) in [5.74, 6) is 0.275. The van der Waals surface area contributed by atoms with Gasteiger partial charge in [0.1, 0.15) is 16.8 Å². The number of aryl methyl sites for hydroxylation is 1. The van der Waals surface area contributed by atoms with Crippen molar-refractivity contribution >= 4 is 34.2 Å². The maximum absolute atomic E-state index is 12.7. The molecule has 0 fully saturated rings. The molecule has 4 rings (SSSR count). The van der Waals surface area contributed by atoms with Crippen molar-refractivity contribution in [3.05, 3.63) is 76.8 Å². The number of fused-ring (bicyclic) bond motifs is 1. The maximum atomic E-state index is 12.7. The molecule has 4 aromatic rings. The Kier molecular flexibility index (Phi) is 4.71. The van der Waals surface area contributed by atoms with Gasteiger partial charge in [-0.05, 0) is 61.0 Å². The van der Waals surface area contributed by atoms with Crippen LogP contribution in [0.2, 0.25) is 5.02 Å². The molecule has 0 radical (unpaired) electrons. The summed E-state index contributed by atoms with van der Waals surface area (Å²) in [6.45, 7) is 1.92. The highest BCUT2D eigenvalue weighted by Crippen LogP contribution is 2.25. The molecule has 0 unspecified atom stereocenters. The van der Waals surface area contributed by atoms with Crippen molar-refractivity contribution in [2.45, 2.75) is 6.92 Å². The van der Waals surface area contributed by atoms with Gasteiger partial charge in [-0.2, -0.15) is 4.80 Å². The molecule has 6 nitrogen and oxygen atoms in total. The number of nitrogens with one attached hydrogen (secondary N) is 1. The van der Waals surface area contributed by atoms with Gasteiger partial charge in [-0.1, -0.05) is 23.7 Å². The molecule has 140 valence electrons. The molecule has 1 N–H and O–H groups in total. The van der Waals surface area contributed by atoms with E-state index in [1.807, 2.05) is 37.3 Å². The van der Waals surface area contributed by atoms with Crippen LogP contribution in [0, 0.1) is 6.92 Å². The monoisotopic (exact) mass is 392 g/mol. The van der Waals surface area contributed by atoms with Crippen LogP contribution in [-0.4, -0.2) is 28.0 Å². The van der Waals surface area contributed by atoms with Crippen LogP contribution in [0.1, 0.15) is 15.9 Å². The summed E-state index contributed by atoms with van der Waals surface area (Å²) >= 11 is 5.94. The second kappa shape index (κ2) is 7.32. The first kappa shape index (κ1) is 18.0. The zero-order valence-electron chi connectivity index (χ0n) is 15.3. The van der Waals surface area contributed by atoms with E-state index >= 15 is 0 Å². The number of benzene rings is 3. The summed E-state index contributed by atoms with van der Waals surface area (Å²) in [7, 11) is 1.54. The average molecular weight is 393 g/mol. The molecule has 0 saturated heterocycles. The summed E-state index contributed by atoms with van der Waals surface area (Å²) < 4.78 is 5.27. The highest BCUT2D eigenvalue weighted by Gasteiger charge is 2.14. The van der Waals surface area contributed by atoms with Gasteiger partial charge < -0.3 is 10.1 Å². The highest BCUT2D eigenvalue weighted by atomic mass is 35.5. The standard InChI is InChI=1S/C21H17ClN4O2/c1-13-11-18-19(25-26(24-18)15-9-7-14(22)8-10-15)12-17(13)23-21(27)16-5-3-4-6-20(16)28-2/h3-12H,1-2H3,(H,23,27). The number of amides is 1. The van der Waals surface area contributed by atoms with Crippen LogP contribution < -0.4 is 10.1 Å². The van der Waals surface area contributed by atoms with Crippen molar-refractivity contribution in [3.8, 4) is 11.4 Å². The summed E-state index contributed by atoms with van der Waals surface area (Å²) in [5, 5.41) is 12.6. The first-order valence-corrected chi connectivity index (χ1v) is 9.01.